The molecular formula is C15H30N2O7Si. The first-order valence-electron chi connectivity index (χ1n) is 7.87. The Balaban J connectivity index is 3.83. The maximum atomic E-state index is 11.5. The molecule has 0 aromatic rings. The minimum absolute atomic E-state index is 0.0639. The Bertz CT molecular complexity index is 422. The maximum Gasteiger partial charge on any atom is 0.500 e. The summed E-state index contributed by atoms with van der Waals surface area (Å²) in [5.41, 5.74) is 0.312. The van der Waals surface area contributed by atoms with E-state index in [1.165, 1.54) is 0 Å². The molecule has 0 rings (SSSR count). The van der Waals surface area contributed by atoms with Crippen molar-refractivity contribution in [1.29, 1.82) is 0 Å². The van der Waals surface area contributed by atoms with E-state index in [4.69, 9.17) is 22.8 Å². The zero-order chi connectivity index (χ0) is 19.3. The van der Waals surface area contributed by atoms with Crippen LogP contribution in [0.25, 0.3) is 0 Å². The second kappa shape index (κ2) is 12.8. The van der Waals surface area contributed by atoms with E-state index in [9.17, 15) is 9.59 Å². The summed E-state index contributed by atoms with van der Waals surface area (Å²) in [5, 5.41) is 2.49. The molecule has 0 aliphatic heterocycles. The summed E-state index contributed by atoms with van der Waals surface area (Å²) in [6.07, 6.45) is 0.202. The van der Waals surface area contributed by atoms with E-state index >= 15 is 0 Å². The highest BCUT2D eigenvalue weighted by atomic mass is 28.4. The van der Waals surface area contributed by atoms with Gasteiger partial charge in [-0.05, 0) is 20.4 Å². The Morgan fingerprint density at radius 3 is 2.24 bits per heavy atom. The fourth-order valence-electron chi connectivity index (χ4n) is 1.83. The van der Waals surface area contributed by atoms with Crippen LogP contribution in [-0.4, -0.2) is 80.6 Å². The van der Waals surface area contributed by atoms with E-state index in [1.54, 1.807) is 28.3 Å². The van der Waals surface area contributed by atoms with Gasteiger partial charge in [0.2, 0.25) is 0 Å². The standard InChI is InChI=1S/C15H30N2O7Si/c1-13(2)14(18)23-10-8-16-15(19)24-12-17(3)9-7-11-25(20-4,21-5)22-6/h1,7-12H2,2-6H3,(H,16,19). The molecule has 0 atom stereocenters. The van der Waals surface area contributed by atoms with Gasteiger partial charge in [0.15, 0.2) is 0 Å². The largest absolute Gasteiger partial charge is 0.500 e. The third-order valence-electron chi connectivity index (χ3n) is 3.32. The van der Waals surface area contributed by atoms with Crippen LogP contribution in [-0.2, 0) is 27.5 Å². The zero-order valence-electron chi connectivity index (χ0n) is 15.8. The van der Waals surface area contributed by atoms with Gasteiger partial charge >= 0.3 is 20.9 Å². The minimum Gasteiger partial charge on any atom is -0.460 e. The number of nitrogens with zero attached hydrogens (tertiary/aromatic N) is 1. The number of esters is 1. The molecule has 1 amide bonds. The van der Waals surface area contributed by atoms with Gasteiger partial charge in [0.05, 0.1) is 6.54 Å². The lowest BCUT2D eigenvalue weighted by Gasteiger charge is -2.25. The average Bonchev–Trinajstić information content (AvgIpc) is 2.60. The molecule has 9 nitrogen and oxygen atoms in total. The van der Waals surface area contributed by atoms with Crippen LogP contribution in [0.5, 0.6) is 0 Å². The number of alkyl carbamates (subject to hydrolysis) is 1. The first kappa shape index (κ1) is 23.5. The van der Waals surface area contributed by atoms with Crippen molar-refractivity contribution in [3.8, 4) is 0 Å². The highest BCUT2D eigenvalue weighted by molar-refractivity contribution is 6.60. The van der Waals surface area contributed by atoms with Gasteiger partial charge in [-0.3, -0.25) is 4.90 Å². The molecule has 0 heterocycles. The van der Waals surface area contributed by atoms with Gasteiger partial charge < -0.3 is 28.1 Å². The Morgan fingerprint density at radius 1 is 1.12 bits per heavy atom. The van der Waals surface area contributed by atoms with Gasteiger partial charge in [0.1, 0.15) is 13.3 Å². The molecule has 0 bridgehead atoms. The molecule has 0 aliphatic carbocycles. The molecule has 0 saturated heterocycles. The van der Waals surface area contributed by atoms with Crippen molar-refractivity contribution < 1.29 is 32.3 Å². The number of carbonyl (C=O) groups is 2. The summed E-state index contributed by atoms with van der Waals surface area (Å²) in [6.45, 7) is 6.08. The topological polar surface area (TPSA) is 95.6 Å². The van der Waals surface area contributed by atoms with Crippen molar-refractivity contribution in [2.45, 2.75) is 19.4 Å². The molecule has 0 aromatic heterocycles. The number of rotatable bonds is 13. The Morgan fingerprint density at radius 2 is 1.72 bits per heavy atom. The molecule has 25 heavy (non-hydrogen) atoms. The molecule has 0 spiro atoms. The fraction of sp³-hybridized carbons (Fsp3) is 0.733. The van der Waals surface area contributed by atoms with Crippen LogP contribution in [0.15, 0.2) is 12.2 Å². The molecule has 0 saturated carbocycles. The number of hydrogen-bond acceptors (Lipinski definition) is 8. The maximum absolute atomic E-state index is 11.5. The van der Waals surface area contributed by atoms with E-state index in [2.05, 4.69) is 11.9 Å². The Hall–Kier alpha value is -1.46. The first-order valence-corrected chi connectivity index (χ1v) is 9.80. The van der Waals surface area contributed by atoms with Gasteiger partial charge in [-0.15, -0.1) is 0 Å². The first-order chi connectivity index (χ1) is 11.8. The van der Waals surface area contributed by atoms with Gasteiger partial charge in [-0.2, -0.15) is 0 Å². The number of ether oxygens (including phenoxy) is 2. The van der Waals surface area contributed by atoms with Crippen molar-refractivity contribution in [3.63, 3.8) is 0 Å². The van der Waals surface area contributed by atoms with Gasteiger partial charge in [0.25, 0.3) is 0 Å². The zero-order valence-corrected chi connectivity index (χ0v) is 16.8. The van der Waals surface area contributed by atoms with Gasteiger partial charge in [0, 0.05) is 39.5 Å². The summed E-state index contributed by atoms with van der Waals surface area (Å²) in [6, 6.07) is 0.668. The molecule has 146 valence electrons. The number of hydrogen-bond donors (Lipinski definition) is 1. The Labute approximate surface area is 150 Å². The molecule has 1 N–H and O–H groups in total. The SMILES string of the molecule is C=C(C)C(=O)OCCNC(=O)OCN(C)CCC[Si](OC)(OC)OC. The summed E-state index contributed by atoms with van der Waals surface area (Å²) in [4.78, 5) is 24.5. The Kier molecular flexibility index (Phi) is 12.1. The molecule has 0 aliphatic rings. The minimum atomic E-state index is -2.56. The summed E-state index contributed by atoms with van der Waals surface area (Å²) in [7, 11) is 3.99. The van der Waals surface area contributed by atoms with Crippen molar-refractivity contribution in [3.05, 3.63) is 12.2 Å². The second-order valence-electron chi connectivity index (χ2n) is 5.38. The molecule has 10 heteroatoms. The van der Waals surface area contributed by atoms with E-state index in [-0.39, 0.29) is 19.9 Å². The summed E-state index contributed by atoms with van der Waals surface area (Å²) < 4.78 is 25.9. The van der Waals surface area contributed by atoms with E-state index in [0.717, 1.165) is 6.42 Å². The number of carbonyl (C=O) groups excluding carboxylic acids is 2. The van der Waals surface area contributed by atoms with Crippen LogP contribution in [0.3, 0.4) is 0 Å². The molecule has 0 radical (unpaired) electrons. The molecular weight excluding hydrogens is 348 g/mol. The van der Waals surface area contributed by atoms with Crippen LogP contribution < -0.4 is 5.32 Å². The fourth-order valence-corrected chi connectivity index (χ4v) is 3.53. The van der Waals surface area contributed by atoms with Crippen molar-refractivity contribution in [2.24, 2.45) is 0 Å². The molecule has 0 unspecified atom stereocenters. The van der Waals surface area contributed by atoms with Crippen LogP contribution in [0.4, 0.5) is 4.79 Å². The molecule has 0 aromatic carbocycles. The summed E-state index contributed by atoms with van der Waals surface area (Å²) >= 11 is 0. The molecule has 0 fully saturated rings. The van der Waals surface area contributed by atoms with Gasteiger partial charge in [-0.1, -0.05) is 6.58 Å². The monoisotopic (exact) mass is 378 g/mol. The predicted octanol–water partition coefficient (Wildman–Crippen LogP) is 0.989. The number of amides is 1. The van der Waals surface area contributed by atoms with Crippen LogP contribution in [0, 0.1) is 0 Å². The highest BCUT2D eigenvalue weighted by Gasteiger charge is 2.36. The van der Waals surface area contributed by atoms with Crippen LogP contribution >= 0.6 is 0 Å². The lowest BCUT2D eigenvalue weighted by atomic mass is 10.4. The quantitative estimate of drug-likeness (QED) is 0.167. The van der Waals surface area contributed by atoms with Crippen LogP contribution in [0.2, 0.25) is 6.04 Å². The van der Waals surface area contributed by atoms with E-state index in [0.29, 0.717) is 18.2 Å². The predicted molar refractivity (Wildman–Crippen MR) is 94.0 cm³/mol. The summed E-state index contributed by atoms with van der Waals surface area (Å²) in [5.74, 6) is -0.488. The average molecular weight is 378 g/mol. The third kappa shape index (κ3) is 10.2. The van der Waals surface area contributed by atoms with Crippen LogP contribution in [0.1, 0.15) is 13.3 Å². The number of nitrogens with one attached hydrogen (secondary N) is 1. The van der Waals surface area contributed by atoms with Crippen molar-refractivity contribution in [2.75, 3.05) is 54.8 Å². The van der Waals surface area contributed by atoms with E-state index in [1.807, 2.05) is 11.9 Å². The second-order valence-corrected chi connectivity index (χ2v) is 8.47. The highest BCUT2D eigenvalue weighted by Crippen LogP contribution is 2.15. The van der Waals surface area contributed by atoms with E-state index < -0.39 is 20.9 Å². The lowest BCUT2D eigenvalue weighted by Crippen LogP contribution is -2.43. The van der Waals surface area contributed by atoms with Gasteiger partial charge in [-0.25, -0.2) is 9.59 Å². The smallest absolute Gasteiger partial charge is 0.460 e. The third-order valence-corrected chi connectivity index (χ3v) is 6.16. The lowest BCUT2D eigenvalue weighted by molar-refractivity contribution is -0.138. The normalized spacial score (nSPS) is 11.3. The van der Waals surface area contributed by atoms with Crippen molar-refractivity contribution >= 4 is 20.9 Å². The van der Waals surface area contributed by atoms with Crippen molar-refractivity contribution in [1.82, 2.24) is 10.2 Å².